The van der Waals surface area contributed by atoms with Gasteiger partial charge in [-0.2, -0.15) is 0 Å². The second-order valence-electron chi connectivity index (χ2n) is 6.24. The number of nitrogens with two attached hydrogens (primary N) is 1. The van der Waals surface area contributed by atoms with E-state index in [0.29, 0.717) is 24.3 Å². The highest BCUT2D eigenvalue weighted by Gasteiger charge is 2.37. The Labute approximate surface area is 133 Å². The van der Waals surface area contributed by atoms with Crippen molar-refractivity contribution in [3.05, 3.63) is 35.9 Å². The fourth-order valence-electron chi connectivity index (χ4n) is 3.80. The Morgan fingerprint density at radius 1 is 1.14 bits per heavy atom. The van der Waals surface area contributed by atoms with Gasteiger partial charge in [-0.05, 0) is 30.9 Å². The minimum Gasteiger partial charge on any atom is -0.341 e. The maximum atomic E-state index is 12.6. The number of halogens is 1. The quantitative estimate of drug-likeness (QED) is 0.933. The summed E-state index contributed by atoms with van der Waals surface area (Å²) < 4.78 is 0. The highest BCUT2D eigenvalue weighted by molar-refractivity contribution is 5.85. The first kappa shape index (κ1) is 16.3. The van der Waals surface area contributed by atoms with Crippen LogP contribution in [0, 0.1) is 11.8 Å². The van der Waals surface area contributed by atoms with Gasteiger partial charge in [-0.15, -0.1) is 12.4 Å². The lowest BCUT2D eigenvalue weighted by Gasteiger charge is -2.20. The molecule has 1 aliphatic heterocycles. The molecular formula is C17H25ClN2O. The molecule has 0 aromatic heterocycles. The lowest BCUT2D eigenvalue weighted by Crippen LogP contribution is -2.34. The number of rotatable bonds is 3. The molecule has 1 aliphatic carbocycles. The molecule has 1 saturated heterocycles. The monoisotopic (exact) mass is 308 g/mol. The summed E-state index contributed by atoms with van der Waals surface area (Å²) in [6, 6.07) is 10.5. The lowest BCUT2D eigenvalue weighted by molar-refractivity contribution is -0.134. The zero-order valence-electron chi connectivity index (χ0n) is 12.4. The van der Waals surface area contributed by atoms with E-state index >= 15 is 0 Å². The summed E-state index contributed by atoms with van der Waals surface area (Å²) in [5.74, 6) is 1.47. The standard InChI is InChI=1S/C17H24N2O.ClH/c18-10-15-11-19(17(20)14-8-4-5-9-14)12-16(15)13-6-2-1-3-7-13;/h1-3,6-7,14-16H,4-5,8-12,18H2;1H/t15-,16+;/m1./s1. The van der Waals surface area contributed by atoms with E-state index < -0.39 is 0 Å². The fraction of sp³-hybridized carbons (Fsp3) is 0.588. The normalized spacial score (nSPS) is 25.9. The fourth-order valence-corrected chi connectivity index (χ4v) is 3.80. The molecule has 1 saturated carbocycles. The summed E-state index contributed by atoms with van der Waals surface area (Å²) in [7, 11) is 0. The van der Waals surface area contributed by atoms with Crippen LogP contribution in [0.2, 0.25) is 0 Å². The third-order valence-electron chi connectivity index (χ3n) is 4.99. The molecule has 2 N–H and O–H groups in total. The maximum Gasteiger partial charge on any atom is 0.225 e. The van der Waals surface area contributed by atoms with Crippen LogP contribution in [0.25, 0.3) is 0 Å². The first-order valence-electron chi connectivity index (χ1n) is 7.83. The Balaban J connectivity index is 0.00000161. The van der Waals surface area contributed by atoms with Crippen LogP contribution in [0.4, 0.5) is 0 Å². The van der Waals surface area contributed by atoms with Gasteiger partial charge in [0.2, 0.25) is 5.91 Å². The molecule has 3 rings (SSSR count). The van der Waals surface area contributed by atoms with E-state index in [0.717, 1.165) is 25.9 Å². The van der Waals surface area contributed by atoms with Crippen molar-refractivity contribution >= 4 is 18.3 Å². The number of carbonyl (C=O) groups excluding carboxylic acids is 1. The smallest absolute Gasteiger partial charge is 0.225 e. The average molecular weight is 309 g/mol. The van der Waals surface area contributed by atoms with Crippen molar-refractivity contribution < 1.29 is 4.79 Å². The zero-order chi connectivity index (χ0) is 13.9. The van der Waals surface area contributed by atoms with Crippen LogP contribution in [0.3, 0.4) is 0 Å². The molecule has 1 amide bonds. The molecule has 1 heterocycles. The summed E-state index contributed by atoms with van der Waals surface area (Å²) in [6.07, 6.45) is 4.59. The van der Waals surface area contributed by atoms with Gasteiger partial charge in [0.05, 0.1) is 0 Å². The molecule has 0 spiro atoms. The Hall–Kier alpha value is -1.06. The van der Waals surface area contributed by atoms with Gasteiger partial charge >= 0.3 is 0 Å². The van der Waals surface area contributed by atoms with Gasteiger partial charge in [-0.1, -0.05) is 43.2 Å². The Bertz CT molecular complexity index is 459. The molecule has 4 heteroatoms. The number of hydrogen-bond donors (Lipinski definition) is 1. The van der Waals surface area contributed by atoms with Crippen molar-refractivity contribution in [2.75, 3.05) is 19.6 Å². The first-order chi connectivity index (χ1) is 9.79. The topological polar surface area (TPSA) is 46.3 Å². The van der Waals surface area contributed by atoms with E-state index in [1.165, 1.54) is 18.4 Å². The molecule has 0 radical (unpaired) electrons. The van der Waals surface area contributed by atoms with E-state index in [-0.39, 0.29) is 18.3 Å². The van der Waals surface area contributed by atoms with Gasteiger partial charge in [-0.25, -0.2) is 0 Å². The minimum atomic E-state index is 0. The molecular weight excluding hydrogens is 284 g/mol. The average Bonchev–Trinajstić information content (AvgIpc) is 3.17. The summed E-state index contributed by atoms with van der Waals surface area (Å²) in [6.45, 7) is 2.35. The van der Waals surface area contributed by atoms with Crippen molar-refractivity contribution in [1.29, 1.82) is 0 Å². The van der Waals surface area contributed by atoms with E-state index in [9.17, 15) is 4.79 Å². The van der Waals surface area contributed by atoms with Gasteiger partial charge in [0.25, 0.3) is 0 Å². The van der Waals surface area contributed by atoms with Gasteiger partial charge in [0.1, 0.15) is 0 Å². The van der Waals surface area contributed by atoms with E-state index in [4.69, 9.17) is 5.73 Å². The summed E-state index contributed by atoms with van der Waals surface area (Å²) in [5, 5.41) is 0. The van der Waals surface area contributed by atoms with Crippen molar-refractivity contribution in [3.8, 4) is 0 Å². The molecule has 0 unspecified atom stereocenters. The number of carbonyl (C=O) groups is 1. The molecule has 0 bridgehead atoms. The van der Waals surface area contributed by atoms with E-state index in [1.54, 1.807) is 0 Å². The predicted octanol–water partition coefficient (Wildman–Crippen LogP) is 2.80. The SMILES string of the molecule is Cl.NC[C@@H]1CN(C(=O)C2CCCC2)C[C@H]1c1ccccc1. The van der Waals surface area contributed by atoms with Crippen molar-refractivity contribution in [2.24, 2.45) is 17.6 Å². The van der Waals surface area contributed by atoms with Crippen LogP contribution in [0.5, 0.6) is 0 Å². The molecule has 2 aliphatic rings. The van der Waals surface area contributed by atoms with Crippen LogP contribution in [-0.4, -0.2) is 30.4 Å². The van der Waals surface area contributed by atoms with Gasteiger partial charge in [0.15, 0.2) is 0 Å². The molecule has 2 atom stereocenters. The third-order valence-corrected chi connectivity index (χ3v) is 4.99. The molecule has 116 valence electrons. The van der Waals surface area contributed by atoms with Crippen molar-refractivity contribution in [3.63, 3.8) is 0 Å². The number of nitrogens with zero attached hydrogens (tertiary/aromatic N) is 1. The summed E-state index contributed by atoms with van der Waals surface area (Å²) in [5.41, 5.74) is 7.26. The van der Waals surface area contributed by atoms with Gasteiger partial charge < -0.3 is 10.6 Å². The van der Waals surface area contributed by atoms with Crippen LogP contribution in [0.1, 0.15) is 37.2 Å². The molecule has 3 nitrogen and oxygen atoms in total. The first-order valence-corrected chi connectivity index (χ1v) is 7.83. The Kier molecular flexibility index (Phi) is 5.65. The Morgan fingerprint density at radius 2 is 1.81 bits per heavy atom. The van der Waals surface area contributed by atoms with Crippen LogP contribution in [0.15, 0.2) is 30.3 Å². The predicted molar refractivity (Wildman–Crippen MR) is 87.5 cm³/mol. The van der Waals surface area contributed by atoms with Crippen LogP contribution in [-0.2, 0) is 4.79 Å². The highest BCUT2D eigenvalue weighted by Crippen LogP contribution is 2.35. The summed E-state index contributed by atoms with van der Waals surface area (Å²) in [4.78, 5) is 14.6. The largest absolute Gasteiger partial charge is 0.341 e. The Morgan fingerprint density at radius 3 is 2.43 bits per heavy atom. The summed E-state index contributed by atoms with van der Waals surface area (Å²) >= 11 is 0. The number of likely N-dealkylation sites (tertiary alicyclic amines) is 1. The second kappa shape index (κ2) is 7.28. The molecule has 1 aromatic rings. The van der Waals surface area contributed by atoms with E-state index in [2.05, 4.69) is 29.2 Å². The van der Waals surface area contributed by atoms with Gasteiger partial charge in [-0.3, -0.25) is 4.79 Å². The third kappa shape index (κ3) is 3.41. The zero-order valence-corrected chi connectivity index (χ0v) is 13.2. The second-order valence-corrected chi connectivity index (χ2v) is 6.24. The molecule has 2 fully saturated rings. The highest BCUT2D eigenvalue weighted by atomic mass is 35.5. The molecule has 21 heavy (non-hydrogen) atoms. The van der Waals surface area contributed by atoms with Crippen LogP contribution >= 0.6 is 12.4 Å². The van der Waals surface area contributed by atoms with Crippen molar-refractivity contribution in [1.82, 2.24) is 4.90 Å². The van der Waals surface area contributed by atoms with Gasteiger partial charge in [0, 0.05) is 24.9 Å². The number of benzene rings is 1. The number of amides is 1. The molecule has 1 aromatic carbocycles. The van der Waals surface area contributed by atoms with Crippen LogP contribution < -0.4 is 5.73 Å². The maximum absolute atomic E-state index is 12.6. The number of hydrogen-bond acceptors (Lipinski definition) is 2. The lowest BCUT2D eigenvalue weighted by atomic mass is 9.89. The van der Waals surface area contributed by atoms with E-state index in [1.807, 2.05) is 6.07 Å². The minimum absolute atomic E-state index is 0. The van der Waals surface area contributed by atoms with Crippen molar-refractivity contribution in [2.45, 2.75) is 31.6 Å².